The highest BCUT2D eigenvalue weighted by Crippen LogP contribution is 2.20. The second-order valence-electron chi connectivity index (χ2n) is 4.61. The minimum Gasteiger partial charge on any atom is -0.309 e. The molecule has 0 aliphatic rings. The fourth-order valence-corrected chi connectivity index (χ4v) is 1.98. The van der Waals surface area contributed by atoms with E-state index in [9.17, 15) is 0 Å². The molecule has 1 heterocycles. The Morgan fingerprint density at radius 3 is 2.83 bits per heavy atom. The van der Waals surface area contributed by atoms with Gasteiger partial charge in [-0.05, 0) is 24.6 Å². The molecule has 0 fully saturated rings. The molecule has 5 heteroatoms. The van der Waals surface area contributed by atoms with Crippen LogP contribution in [0.5, 0.6) is 0 Å². The molecule has 2 aromatic rings. The summed E-state index contributed by atoms with van der Waals surface area (Å²) >= 11 is 3.54. The third-order valence-electron chi connectivity index (χ3n) is 2.71. The van der Waals surface area contributed by atoms with Crippen LogP contribution in [0.1, 0.15) is 25.1 Å². The second kappa shape index (κ2) is 5.63. The third-order valence-corrected chi connectivity index (χ3v) is 3.57. The molecule has 1 N–H and O–H groups in total. The molecule has 96 valence electrons. The summed E-state index contributed by atoms with van der Waals surface area (Å²) in [5.74, 6) is 0. The van der Waals surface area contributed by atoms with Gasteiger partial charge in [-0.15, -0.1) is 5.10 Å². The molecule has 0 radical (unpaired) electrons. The van der Waals surface area contributed by atoms with E-state index < -0.39 is 0 Å². The van der Waals surface area contributed by atoms with E-state index in [1.54, 1.807) is 6.20 Å². The van der Waals surface area contributed by atoms with Crippen molar-refractivity contribution >= 4 is 15.9 Å². The SMILES string of the molecule is Cc1ccc(-n2nncc2CNC(C)C)cc1Br. The maximum atomic E-state index is 4.14. The first-order chi connectivity index (χ1) is 8.58. The summed E-state index contributed by atoms with van der Waals surface area (Å²) in [5, 5.41) is 11.5. The number of nitrogens with one attached hydrogen (secondary N) is 1. The summed E-state index contributed by atoms with van der Waals surface area (Å²) in [6.45, 7) is 7.07. The quantitative estimate of drug-likeness (QED) is 0.944. The van der Waals surface area contributed by atoms with Crippen LogP contribution in [0.2, 0.25) is 0 Å². The lowest BCUT2D eigenvalue weighted by atomic mass is 10.2. The second-order valence-corrected chi connectivity index (χ2v) is 5.46. The van der Waals surface area contributed by atoms with Gasteiger partial charge in [-0.2, -0.15) is 0 Å². The van der Waals surface area contributed by atoms with E-state index in [0.717, 1.165) is 22.4 Å². The highest BCUT2D eigenvalue weighted by Gasteiger charge is 2.07. The minimum atomic E-state index is 0.443. The topological polar surface area (TPSA) is 42.7 Å². The van der Waals surface area contributed by atoms with Crippen molar-refractivity contribution in [1.82, 2.24) is 20.3 Å². The zero-order valence-electron chi connectivity index (χ0n) is 10.8. The summed E-state index contributed by atoms with van der Waals surface area (Å²) < 4.78 is 2.94. The maximum absolute atomic E-state index is 4.14. The van der Waals surface area contributed by atoms with Crippen molar-refractivity contribution in [3.05, 3.63) is 40.1 Å². The summed E-state index contributed by atoms with van der Waals surface area (Å²) in [7, 11) is 0. The van der Waals surface area contributed by atoms with Crippen molar-refractivity contribution < 1.29 is 0 Å². The molecule has 0 atom stereocenters. The zero-order valence-corrected chi connectivity index (χ0v) is 12.4. The molecule has 0 spiro atoms. The van der Waals surface area contributed by atoms with Crippen LogP contribution in [0, 0.1) is 6.92 Å². The number of aryl methyl sites for hydroxylation is 1. The molecule has 0 unspecified atom stereocenters. The predicted molar refractivity (Wildman–Crippen MR) is 75.8 cm³/mol. The lowest BCUT2D eigenvalue weighted by Crippen LogP contribution is -2.23. The molecule has 4 nitrogen and oxygen atoms in total. The Labute approximate surface area is 116 Å². The standard InChI is InChI=1S/C13H17BrN4/c1-9(2)15-7-12-8-16-17-18(12)11-5-4-10(3)13(14)6-11/h4-6,8-9,15H,7H2,1-3H3. The van der Waals surface area contributed by atoms with E-state index in [4.69, 9.17) is 0 Å². The van der Waals surface area contributed by atoms with Crippen LogP contribution < -0.4 is 5.32 Å². The smallest absolute Gasteiger partial charge is 0.0783 e. The van der Waals surface area contributed by atoms with Crippen molar-refractivity contribution in [3.8, 4) is 5.69 Å². The summed E-state index contributed by atoms with van der Waals surface area (Å²) in [5.41, 5.74) is 3.28. The zero-order chi connectivity index (χ0) is 13.1. The molecule has 0 bridgehead atoms. The Morgan fingerprint density at radius 2 is 2.17 bits per heavy atom. The molecule has 0 aliphatic heterocycles. The molecular weight excluding hydrogens is 292 g/mol. The minimum absolute atomic E-state index is 0.443. The van der Waals surface area contributed by atoms with Crippen LogP contribution in [-0.2, 0) is 6.54 Å². The van der Waals surface area contributed by atoms with Crippen LogP contribution in [0.25, 0.3) is 5.69 Å². The highest BCUT2D eigenvalue weighted by atomic mass is 79.9. The molecule has 1 aromatic heterocycles. The van der Waals surface area contributed by atoms with Gasteiger partial charge < -0.3 is 5.32 Å². The Morgan fingerprint density at radius 1 is 1.39 bits per heavy atom. The summed E-state index contributed by atoms with van der Waals surface area (Å²) in [6, 6.07) is 6.62. The van der Waals surface area contributed by atoms with Gasteiger partial charge in [0.05, 0.1) is 17.6 Å². The normalized spacial score (nSPS) is 11.2. The van der Waals surface area contributed by atoms with Crippen molar-refractivity contribution in [2.24, 2.45) is 0 Å². The lowest BCUT2D eigenvalue weighted by Gasteiger charge is -2.10. The van der Waals surface area contributed by atoms with Gasteiger partial charge in [-0.1, -0.05) is 41.1 Å². The van der Waals surface area contributed by atoms with E-state index in [1.807, 2.05) is 10.7 Å². The fourth-order valence-electron chi connectivity index (χ4n) is 1.62. The van der Waals surface area contributed by atoms with Crippen LogP contribution in [0.3, 0.4) is 0 Å². The van der Waals surface area contributed by atoms with E-state index >= 15 is 0 Å². The Hall–Kier alpha value is -1.20. The molecule has 18 heavy (non-hydrogen) atoms. The number of halogens is 1. The molecular formula is C13H17BrN4. The van der Waals surface area contributed by atoms with Gasteiger partial charge in [0.1, 0.15) is 0 Å². The van der Waals surface area contributed by atoms with E-state index in [0.29, 0.717) is 6.04 Å². The Bertz CT molecular complexity index is 534. The molecule has 0 saturated carbocycles. The average Bonchev–Trinajstić information content (AvgIpc) is 2.78. The van der Waals surface area contributed by atoms with E-state index in [2.05, 4.69) is 64.5 Å². The van der Waals surface area contributed by atoms with Gasteiger partial charge in [0, 0.05) is 17.1 Å². The van der Waals surface area contributed by atoms with Crippen molar-refractivity contribution in [2.45, 2.75) is 33.4 Å². The highest BCUT2D eigenvalue weighted by molar-refractivity contribution is 9.10. The molecule has 2 rings (SSSR count). The largest absolute Gasteiger partial charge is 0.309 e. The fraction of sp³-hybridized carbons (Fsp3) is 0.385. The number of rotatable bonds is 4. The average molecular weight is 309 g/mol. The third kappa shape index (κ3) is 2.97. The molecule has 1 aromatic carbocycles. The lowest BCUT2D eigenvalue weighted by molar-refractivity contribution is 0.570. The Kier molecular flexibility index (Phi) is 4.14. The van der Waals surface area contributed by atoms with Crippen molar-refractivity contribution in [2.75, 3.05) is 0 Å². The first kappa shape index (κ1) is 13.2. The first-order valence-electron chi connectivity index (χ1n) is 5.97. The van der Waals surface area contributed by atoms with Crippen LogP contribution in [-0.4, -0.2) is 21.0 Å². The van der Waals surface area contributed by atoms with Crippen LogP contribution >= 0.6 is 15.9 Å². The van der Waals surface area contributed by atoms with Crippen molar-refractivity contribution in [3.63, 3.8) is 0 Å². The molecule has 0 saturated heterocycles. The van der Waals surface area contributed by atoms with E-state index in [1.165, 1.54) is 5.56 Å². The van der Waals surface area contributed by atoms with E-state index in [-0.39, 0.29) is 0 Å². The number of hydrogen-bond donors (Lipinski definition) is 1. The first-order valence-corrected chi connectivity index (χ1v) is 6.76. The number of benzene rings is 1. The van der Waals surface area contributed by atoms with Gasteiger partial charge >= 0.3 is 0 Å². The van der Waals surface area contributed by atoms with Crippen LogP contribution in [0.4, 0.5) is 0 Å². The Balaban J connectivity index is 2.27. The summed E-state index contributed by atoms with van der Waals surface area (Å²) in [6.07, 6.45) is 1.79. The predicted octanol–water partition coefficient (Wildman–Crippen LogP) is 2.84. The maximum Gasteiger partial charge on any atom is 0.0783 e. The number of aromatic nitrogens is 3. The molecule has 0 amide bonds. The van der Waals surface area contributed by atoms with Crippen molar-refractivity contribution in [1.29, 1.82) is 0 Å². The monoisotopic (exact) mass is 308 g/mol. The van der Waals surface area contributed by atoms with Crippen LogP contribution in [0.15, 0.2) is 28.9 Å². The van der Waals surface area contributed by atoms with Gasteiger partial charge in [0.15, 0.2) is 0 Å². The number of hydrogen-bond acceptors (Lipinski definition) is 3. The van der Waals surface area contributed by atoms with Gasteiger partial charge in [0.25, 0.3) is 0 Å². The van der Waals surface area contributed by atoms with Gasteiger partial charge in [0.2, 0.25) is 0 Å². The number of nitrogens with zero attached hydrogens (tertiary/aromatic N) is 3. The van der Waals surface area contributed by atoms with Gasteiger partial charge in [-0.3, -0.25) is 0 Å². The molecule has 0 aliphatic carbocycles. The summed E-state index contributed by atoms with van der Waals surface area (Å²) in [4.78, 5) is 0. The van der Waals surface area contributed by atoms with Gasteiger partial charge in [-0.25, -0.2) is 4.68 Å².